The van der Waals surface area contributed by atoms with Gasteiger partial charge in [0.05, 0.1) is 10.4 Å². The zero-order chi connectivity index (χ0) is 17.1. The van der Waals surface area contributed by atoms with Crippen LogP contribution in [0.25, 0.3) is 0 Å². The van der Waals surface area contributed by atoms with E-state index in [4.69, 9.17) is 5.73 Å². The summed E-state index contributed by atoms with van der Waals surface area (Å²) >= 11 is 1.21. The largest absolute Gasteiger partial charge is 0.366 e. The van der Waals surface area contributed by atoms with Gasteiger partial charge in [-0.25, -0.2) is 0 Å². The minimum Gasteiger partial charge on any atom is -0.366 e. The van der Waals surface area contributed by atoms with E-state index >= 15 is 0 Å². The Morgan fingerprint density at radius 2 is 1.92 bits per heavy atom. The lowest BCUT2D eigenvalue weighted by Crippen LogP contribution is -2.36. The fourth-order valence-electron chi connectivity index (χ4n) is 2.99. The molecule has 0 spiro atoms. The molecule has 3 rings (SSSR count). The van der Waals surface area contributed by atoms with E-state index in [1.54, 1.807) is 22.4 Å². The minimum absolute atomic E-state index is 0.0457. The molecule has 1 unspecified atom stereocenters. The van der Waals surface area contributed by atoms with Crippen LogP contribution in [0.4, 0.5) is 0 Å². The average molecular weight is 342 g/mol. The molecule has 0 radical (unpaired) electrons. The summed E-state index contributed by atoms with van der Waals surface area (Å²) in [5, 5.41) is 1.59. The smallest absolute Gasteiger partial charge is 0.264 e. The Hall–Kier alpha value is -2.47. The highest BCUT2D eigenvalue weighted by atomic mass is 32.1. The van der Waals surface area contributed by atoms with E-state index in [1.807, 2.05) is 18.2 Å². The highest BCUT2D eigenvalue weighted by molar-refractivity contribution is 7.12. The van der Waals surface area contributed by atoms with Gasteiger partial charge in [-0.3, -0.25) is 14.4 Å². The first kappa shape index (κ1) is 16.4. The molecule has 2 N–H and O–H groups in total. The standard InChI is InChI=1S/C18H18N2O3S/c19-17(22)13-9-16(24-11-13)18(23)20-8-4-7-14(20)10-15(21)12-5-2-1-3-6-12/h1-3,5-6,9,11,14H,4,7-8,10H2,(H2,19,22). The highest BCUT2D eigenvalue weighted by Gasteiger charge is 2.32. The van der Waals surface area contributed by atoms with Crippen molar-refractivity contribution in [2.45, 2.75) is 25.3 Å². The predicted octanol–water partition coefficient (Wildman–Crippen LogP) is 2.72. The Balaban J connectivity index is 1.71. The highest BCUT2D eigenvalue weighted by Crippen LogP contribution is 2.26. The molecule has 1 atom stereocenters. The Bertz CT molecular complexity index is 770. The van der Waals surface area contributed by atoms with Crippen LogP contribution in [0, 0.1) is 0 Å². The maximum atomic E-state index is 12.7. The van der Waals surface area contributed by atoms with Gasteiger partial charge >= 0.3 is 0 Å². The second kappa shape index (κ2) is 6.97. The van der Waals surface area contributed by atoms with Gasteiger partial charge < -0.3 is 10.6 Å². The minimum atomic E-state index is -0.539. The van der Waals surface area contributed by atoms with Crippen molar-refractivity contribution in [1.29, 1.82) is 0 Å². The van der Waals surface area contributed by atoms with Gasteiger partial charge in [0.2, 0.25) is 5.91 Å². The predicted molar refractivity (Wildman–Crippen MR) is 92.3 cm³/mol. The van der Waals surface area contributed by atoms with E-state index in [0.717, 1.165) is 12.8 Å². The third kappa shape index (κ3) is 3.38. The third-order valence-corrected chi connectivity index (χ3v) is 5.17. The zero-order valence-electron chi connectivity index (χ0n) is 13.1. The fraction of sp³-hybridized carbons (Fsp3) is 0.278. The van der Waals surface area contributed by atoms with Crippen LogP contribution in [0.2, 0.25) is 0 Å². The maximum Gasteiger partial charge on any atom is 0.264 e. The SMILES string of the molecule is NC(=O)c1csc(C(=O)N2CCCC2CC(=O)c2ccccc2)c1. The molecule has 2 amide bonds. The second-order valence-electron chi connectivity index (χ2n) is 5.85. The fourth-order valence-corrected chi connectivity index (χ4v) is 3.84. The number of nitrogens with zero attached hydrogens (tertiary/aromatic N) is 1. The van der Waals surface area contributed by atoms with Crippen LogP contribution in [0.5, 0.6) is 0 Å². The van der Waals surface area contributed by atoms with E-state index < -0.39 is 5.91 Å². The molecule has 124 valence electrons. The summed E-state index contributed by atoms with van der Waals surface area (Å²) in [6.45, 7) is 0.634. The van der Waals surface area contributed by atoms with E-state index in [2.05, 4.69) is 0 Å². The molecule has 2 aromatic rings. The number of carbonyl (C=O) groups excluding carboxylic acids is 3. The monoisotopic (exact) mass is 342 g/mol. The summed E-state index contributed by atoms with van der Waals surface area (Å²) in [5.41, 5.74) is 6.25. The lowest BCUT2D eigenvalue weighted by Gasteiger charge is -2.23. The van der Waals surface area contributed by atoms with Crippen LogP contribution in [0.15, 0.2) is 41.8 Å². The first-order chi connectivity index (χ1) is 11.6. The van der Waals surface area contributed by atoms with Gasteiger partial charge in [0.15, 0.2) is 5.78 Å². The van der Waals surface area contributed by atoms with Gasteiger partial charge in [0.1, 0.15) is 0 Å². The molecule has 5 nitrogen and oxygen atoms in total. The van der Waals surface area contributed by atoms with Crippen LogP contribution in [0.1, 0.15) is 49.7 Å². The molecule has 1 aliphatic rings. The van der Waals surface area contributed by atoms with Crippen molar-refractivity contribution in [3.8, 4) is 0 Å². The van der Waals surface area contributed by atoms with Gasteiger partial charge in [-0.15, -0.1) is 11.3 Å². The van der Waals surface area contributed by atoms with Crippen LogP contribution in [0.3, 0.4) is 0 Å². The van der Waals surface area contributed by atoms with Crippen LogP contribution in [-0.4, -0.2) is 35.1 Å². The normalized spacial score (nSPS) is 17.0. The number of amides is 2. The number of Topliss-reactive ketones (excluding diaryl/α,β-unsaturated/α-hetero) is 1. The molecule has 0 aliphatic carbocycles. The van der Waals surface area contributed by atoms with Crippen molar-refractivity contribution >= 4 is 28.9 Å². The number of carbonyl (C=O) groups is 3. The van der Waals surface area contributed by atoms with Crippen molar-refractivity contribution in [3.63, 3.8) is 0 Å². The summed E-state index contributed by atoms with van der Waals surface area (Å²) in [7, 11) is 0. The van der Waals surface area contributed by atoms with Gasteiger partial charge in [-0.05, 0) is 18.9 Å². The molecule has 24 heavy (non-hydrogen) atoms. The maximum absolute atomic E-state index is 12.7. The third-order valence-electron chi connectivity index (χ3n) is 4.25. The first-order valence-electron chi connectivity index (χ1n) is 7.84. The number of hydrogen-bond donors (Lipinski definition) is 1. The summed E-state index contributed by atoms with van der Waals surface area (Å²) in [6.07, 6.45) is 2.02. The number of benzene rings is 1. The van der Waals surface area contributed by atoms with E-state index in [0.29, 0.717) is 29.0 Å². The molecule has 1 aromatic carbocycles. The molecule has 1 aliphatic heterocycles. The van der Waals surface area contributed by atoms with Crippen LogP contribution >= 0.6 is 11.3 Å². The molecule has 1 saturated heterocycles. The Kier molecular flexibility index (Phi) is 4.76. The Labute approximate surface area is 144 Å². The van der Waals surface area contributed by atoms with Crippen molar-refractivity contribution in [2.75, 3.05) is 6.54 Å². The number of hydrogen-bond acceptors (Lipinski definition) is 4. The average Bonchev–Trinajstić information content (AvgIpc) is 3.24. The van der Waals surface area contributed by atoms with Gasteiger partial charge in [0.25, 0.3) is 5.91 Å². The summed E-state index contributed by atoms with van der Waals surface area (Å²) < 4.78 is 0. The number of ketones is 1. The first-order valence-corrected chi connectivity index (χ1v) is 8.72. The van der Waals surface area contributed by atoms with Crippen molar-refractivity contribution in [3.05, 3.63) is 57.8 Å². The molecular formula is C18H18N2O3S. The van der Waals surface area contributed by atoms with Crippen molar-refractivity contribution < 1.29 is 14.4 Å². The Morgan fingerprint density at radius 3 is 2.58 bits per heavy atom. The van der Waals surface area contributed by atoms with E-state index in [1.165, 1.54) is 17.4 Å². The molecule has 1 aromatic heterocycles. The molecule has 1 fully saturated rings. The molecule has 0 saturated carbocycles. The summed E-state index contributed by atoms with van der Waals surface area (Å²) in [5.74, 6) is -0.623. The lowest BCUT2D eigenvalue weighted by atomic mass is 10.0. The number of thiophene rings is 1. The summed E-state index contributed by atoms with van der Waals surface area (Å²) in [4.78, 5) is 38.5. The van der Waals surface area contributed by atoms with Gasteiger partial charge in [-0.2, -0.15) is 0 Å². The van der Waals surface area contributed by atoms with E-state index in [-0.39, 0.29) is 17.7 Å². The van der Waals surface area contributed by atoms with Gasteiger partial charge in [-0.1, -0.05) is 30.3 Å². The second-order valence-corrected chi connectivity index (χ2v) is 6.76. The lowest BCUT2D eigenvalue weighted by molar-refractivity contribution is 0.0721. The number of rotatable bonds is 5. The molecule has 6 heteroatoms. The summed E-state index contributed by atoms with van der Waals surface area (Å²) in [6, 6.07) is 10.6. The zero-order valence-corrected chi connectivity index (χ0v) is 13.9. The van der Waals surface area contributed by atoms with Crippen molar-refractivity contribution in [2.24, 2.45) is 5.73 Å². The Morgan fingerprint density at radius 1 is 1.17 bits per heavy atom. The number of primary amides is 1. The number of nitrogens with two attached hydrogens (primary N) is 1. The van der Waals surface area contributed by atoms with Crippen LogP contribution < -0.4 is 5.73 Å². The van der Waals surface area contributed by atoms with E-state index in [9.17, 15) is 14.4 Å². The quantitative estimate of drug-likeness (QED) is 0.848. The number of likely N-dealkylation sites (tertiary alicyclic amines) is 1. The topological polar surface area (TPSA) is 80.5 Å². The molecular weight excluding hydrogens is 324 g/mol. The van der Waals surface area contributed by atoms with Crippen molar-refractivity contribution in [1.82, 2.24) is 4.90 Å². The molecule has 2 heterocycles. The van der Waals surface area contributed by atoms with Crippen LogP contribution in [-0.2, 0) is 0 Å². The molecule has 0 bridgehead atoms. The van der Waals surface area contributed by atoms with Gasteiger partial charge in [0, 0.05) is 30.0 Å².